The molecule has 0 fully saturated rings. The fourth-order valence-corrected chi connectivity index (χ4v) is 3.49. The van der Waals surface area contributed by atoms with Gasteiger partial charge < -0.3 is 20.1 Å². The van der Waals surface area contributed by atoms with Gasteiger partial charge in [0.1, 0.15) is 5.82 Å². The van der Waals surface area contributed by atoms with Crippen LogP contribution in [0.15, 0.2) is 45.9 Å². The monoisotopic (exact) mass is 408 g/mol. The minimum absolute atomic E-state index is 0.450. The Balaban J connectivity index is 1.66. The van der Waals surface area contributed by atoms with Crippen LogP contribution in [0.3, 0.4) is 0 Å². The zero-order chi connectivity index (χ0) is 21.5. The number of aliphatic imine (C=N–C) groups is 1. The van der Waals surface area contributed by atoms with Crippen molar-refractivity contribution in [1.29, 1.82) is 0 Å². The maximum atomic E-state index is 5.50. The Hall–Kier alpha value is -3.09. The van der Waals surface area contributed by atoms with Gasteiger partial charge in [0.2, 0.25) is 0 Å². The van der Waals surface area contributed by atoms with Gasteiger partial charge in [-0.25, -0.2) is 4.98 Å². The molecule has 7 nitrogen and oxygen atoms in total. The third-order valence-corrected chi connectivity index (χ3v) is 5.33. The summed E-state index contributed by atoms with van der Waals surface area (Å²) < 4.78 is 5.50. The molecule has 0 spiro atoms. The van der Waals surface area contributed by atoms with E-state index >= 15 is 0 Å². The van der Waals surface area contributed by atoms with Gasteiger partial charge in [0.15, 0.2) is 11.7 Å². The normalized spacial score (nSPS) is 11.9. The van der Waals surface area contributed by atoms with Gasteiger partial charge >= 0.3 is 0 Å². The Labute approximate surface area is 178 Å². The molecule has 3 rings (SSSR count). The Morgan fingerprint density at radius 3 is 2.53 bits per heavy atom. The van der Waals surface area contributed by atoms with Crippen LogP contribution in [0.5, 0.6) is 0 Å². The summed E-state index contributed by atoms with van der Waals surface area (Å²) >= 11 is 0. The average molecular weight is 409 g/mol. The third-order valence-electron chi connectivity index (χ3n) is 5.33. The van der Waals surface area contributed by atoms with Gasteiger partial charge in [0, 0.05) is 45.1 Å². The molecule has 30 heavy (non-hydrogen) atoms. The Morgan fingerprint density at radius 1 is 1.10 bits per heavy atom. The predicted molar refractivity (Wildman–Crippen MR) is 123 cm³/mol. The zero-order valence-electron chi connectivity index (χ0n) is 18.6. The number of aromatic nitrogens is 2. The lowest BCUT2D eigenvalue weighted by Gasteiger charge is -2.16. The maximum Gasteiger partial charge on any atom is 0.191 e. The molecular formula is C23H32N6O. The summed E-state index contributed by atoms with van der Waals surface area (Å²) in [6.07, 6.45) is 2.13. The molecular weight excluding hydrogens is 376 g/mol. The summed E-state index contributed by atoms with van der Waals surface area (Å²) in [5, 5.41) is 12.1. The number of hydrogen-bond donors (Lipinski definition) is 2. The smallest absolute Gasteiger partial charge is 0.191 e. The van der Waals surface area contributed by atoms with E-state index in [2.05, 4.69) is 46.8 Å². The van der Waals surface area contributed by atoms with E-state index in [1.165, 1.54) is 5.56 Å². The minimum atomic E-state index is 0.450. The molecule has 0 aliphatic carbocycles. The van der Waals surface area contributed by atoms with E-state index in [1.54, 1.807) is 7.05 Å². The lowest BCUT2D eigenvalue weighted by molar-refractivity contribution is 0.368. The second kappa shape index (κ2) is 10.1. The van der Waals surface area contributed by atoms with Crippen LogP contribution in [0.1, 0.15) is 49.6 Å². The van der Waals surface area contributed by atoms with Crippen LogP contribution < -0.4 is 15.5 Å². The lowest BCUT2D eigenvalue weighted by Crippen LogP contribution is -2.36. The SMILES string of the molecule is CCC(CC)c1cc(CNC(=NC)NCc2cc(N(C)C)nc3ccccc23)on1. The van der Waals surface area contributed by atoms with Crippen LogP contribution in [0, 0.1) is 0 Å². The number of nitrogens with one attached hydrogen (secondary N) is 2. The van der Waals surface area contributed by atoms with E-state index < -0.39 is 0 Å². The quantitative estimate of drug-likeness (QED) is 0.432. The summed E-state index contributed by atoms with van der Waals surface area (Å²) in [4.78, 5) is 11.1. The van der Waals surface area contributed by atoms with Crippen molar-refractivity contribution in [2.75, 3.05) is 26.0 Å². The van der Waals surface area contributed by atoms with Gasteiger partial charge in [-0.1, -0.05) is 37.2 Å². The maximum absolute atomic E-state index is 5.50. The lowest BCUT2D eigenvalue weighted by atomic mass is 9.99. The molecule has 0 aliphatic rings. The second-order valence-corrected chi connectivity index (χ2v) is 7.56. The van der Waals surface area contributed by atoms with Crippen molar-refractivity contribution < 1.29 is 4.52 Å². The van der Waals surface area contributed by atoms with Crippen LogP contribution in [0.4, 0.5) is 5.82 Å². The number of fused-ring (bicyclic) bond motifs is 1. The molecule has 2 heterocycles. The van der Waals surface area contributed by atoms with Crippen molar-refractivity contribution in [2.45, 2.75) is 45.7 Å². The number of anilines is 1. The van der Waals surface area contributed by atoms with E-state index in [0.29, 0.717) is 25.0 Å². The largest absolute Gasteiger partial charge is 0.363 e. The second-order valence-electron chi connectivity index (χ2n) is 7.56. The molecule has 0 atom stereocenters. The van der Waals surface area contributed by atoms with Crippen LogP contribution in [0.25, 0.3) is 10.9 Å². The first kappa shape index (κ1) is 21.6. The molecule has 0 unspecified atom stereocenters. The van der Waals surface area contributed by atoms with Crippen LogP contribution in [0.2, 0.25) is 0 Å². The molecule has 0 bridgehead atoms. The number of benzene rings is 1. The van der Waals surface area contributed by atoms with Crippen LogP contribution in [-0.4, -0.2) is 37.2 Å². The fourth-order valence-electron chi connectivity index (χ4n) is 3.49. The summed E-state index contributed by atoms with van der Waals surface area (Å²) in [6, 6.07) is 12.3. The van der Waals surface area contributed by atoms with Crippen molar-refractivity contribution in [3.05, 3.63) is 53.4 Å². The number of rotatable bonds is 8. The minimum Gasteiger partial charge on any atom is -0.363 e. The Morgan fingerprint density at radius 2 is 1.83 bits per heavy atom. The van der Waals surface area contributed by atoms with Crippen molar-refractivity contribution in [2.24, 2.45) is 4.99 Å². The molecule has 0 saturated carbocycles. The van der Waals surface area contributed by atoms with Crippen LogP contribution in [-0.2, 0) is 13.1 Å². The first-order chi connectivity index (χ1) is 14.5. The van der Waals surface area contributed by atoms with Gasteiger partial charge in [-0.2, -0.15) is 0 Å². The van der Waals surface area contributed by atoms with Gasteiger partial charge in [-0.3, -0.25) is 4.99 Å². The predicted octanol–water partition coefficient (Wildman–Crippen LogP) is 4.06. The highest BCUT2D eigenvalue weighted by molar-refractivity contribution is 5.85. The number of nitrogens with zero attached hydrogens (tertiary/aromatic N) is 4. The fraction of sp³-hybridized carbons (Fsp3) is 0.435. The van der Waals surface area contributed by atoms with Gasteiger partial charge in [-0.15, -0.1) is 0 Å². The van der Waals surface area contributed by atoms with Crippen molar-refractivity contribution in [1.82, 2.24) is 20.8 Å². The summed E-state index contributed by atoms with van der Waals surface area (Å²) in [6.45, 7) is 5.53. The molecule has 1 aromatic carbocycles. The number of para-hydroxylation sites is 1. The molecule has 7 heteroatoms. The molecule has 0 amide bonds. The van der Waals surface area contributed by atoms with E-state index in [-0.39, 0.29) is 0 Å². The zero-order valence-corrected chi connectivity index (χ0v) is 18.6. The first-order valence-electron chi connectivity index (χ1n) is 10.5. The van der Waals surface area contributed by atoms with E-state index in [1.807, 2.05) is 43.3 Å². The molecule has 0 saturated heterocycles. The van der Waals surface area contributed by atoms with E-state index in [0.717, 1.165) is 41.0 Å². The molecule has 0 radical (unpaired) electrons. The average Bonchev–Trinajstić information content (AvgIpc) is 3.23. The molecule has 3 aromatic rings. The summed E-state index contributed by atoms with van der Waals surface area (Å²) in [5.74, 6) is 2.90. The molecule has 2 aromatic heterocycles. The molecule has 2 N–H and O–H groups in total. The number of hydrogen-bond acceptors (Lipinski definition) is 5. The first-order valence-corrected chi connectivity index (χ1v) is 10.5. The summed E-state index contributed by atoms with van der Waals surface area (Å²) in [7, 11) is 5.77. The number of guanidine groups is 1. The third kappa shape index (κ3) is 5.09. The van der Waals surface area contributed by atoms with E-state index in [4.69, 9.17) is 9.51 Å². The Kier molecular flexibility index (Phi) is 7.27. The molecule has 0 aliphatic heterocycles. The highest BCUT2D eigenvalue weighted by Crippen LogP contribution is 2.23. The van der Waals surface area contributed by atoms with Gasteiger partial charge in [0.25, 0.3) is 0 Å². The highest BCUT2D eigenvalue weighted by atomic mass is 16.5. The van der Waals surface area contributed by atoms with Crippen molar-refractivity contribution >= 4 is 22.7 Å². The van der Waals surface area contributed by atoms with Crippen molar-refractivity contribution in [3.63, 3.8) is 0 Å². The summed E-state index contributed by atoms with van der Waals surface area (Å²) in [5.41, 5.74) is 3.18. The topological polar surface area (TPSA) is 78.6 Å². The van der Waals surface area contributed by atoms with Crippen molar-refractivity contribution in [3.8, 4) is 0 Å². The number of pyridine rings is 1. The van der Waals surface area contributed by atoms with Crippen LogP contribution >= 0.6 is 0 Å². The van der Waals surface area contributed by atoms with E-state index in [9.17, 15) is 0 Å². The highest BCUT2D eigenvalue weighted by Gasteiger charge is 2.13. The molecule has 160 valence electrons. The van der Waals surface area contributed by atoms with Gasteiger partial charge in [-0.05, 0) is 30.5 Å². The Bertz CT molecular complexity index is 990. The van der Waals surface area contributed by atoms with Gasteiger partial charge in [0.05, 0.1) is 17.8 Å². The standard InChI is InChI=1S/C23H32N6O/c1-6-16(7-2)21-13-18(30-28-21)15-26-23(24-3)25-14-17-12-22(29(4)5)27-20-11-9-8-10-19(17)20/h8-13,16H,6-7,14-15H2,1-5H3,(H2,24,25,26).